The normalized spacial score (nSPS) is 22.3. The molecule has 0 aromatic carbocycles. The highest BCUT2D eigenvalue weighted by Gasteiger charge is 2.19. The fourth-order valence-corrected chi connectivity index (χ4v) is 3.54. The summed E-state index contributed by atoms with van der Waals surface area (Å²) in [6, 6.07) is 0. The molecule has 2 aliphatic rings. The Morgan fingerprint density at radius 2 is 2.05 bits per heavy atom. The summed E-state index contributed by atoms with van der Waals surface area (Å²) in [4.78, 5) is 9.27. The van der Waals surface area contributed by atoms with Crippen LogP contribution >= 0.6 is 11.3 Å². The van der Waals surface area contributed by atoms with E-state index in [0.717, 1.165) is 70.4 Å². The van der Waals surface area contributed by atoms with Gasteiger partial charge in [0.2, 0.25) is 0 Å². The maximum atomic E-state index is 5.98. The van der Waals surface area contributed by atoms with Gasteiger partial charge in [-0.15, -0.1) is 11.3 Å². The number of thiazole rings is 1. The molecule has 6 heteroatoms. The molecule has 2 aliphatic heterocycles. The van der Waals surface area contributed by atoms with Gasteiger partial charge in [-0.25, -0.2) is 4.98 Å². The monoisotopic (exact) mass is 296 g/mol. The van der Waals surface area contributed by atoms with Crippen LogP contribution in [0.5, 0.6) is 0 Å². The van der Waals surface area contributed by atoms with E-state index in [-0.39, 0.29) is 0 Å². The summed E-state index contributed by atoms with van der Waals surface area (Å²) in [7, 11) is 0. The molecule has 112 valence electrons. The lowest BCUT2D eigenvalue weighted by Crippen LogP contribution is -2.47. The molecule has 1 N–H and O–H groups in total. The van der Waals surface area contributed by atoms with Crippen molar-refractivity contribution in [3.8, 4) is 0 Å². The Morgan fingerprint density at radius 1 is 1.25 bits per heavy atom. The van der Waals surface area contributed by atoms with Crippen molar-refractivity contribution in [2.24, 2.45) is 0 Å². The highest BCUT2D eigenvalue weighted by molar-refractivity contribution is 7.13. The number of hydrogen-bond acceptors (Lipinski definition) is 6. The van der Waals surface area contributed by atoms with Crippen LogP contribution in [0.4, 0.5) is 5.13 Å². The van der Waals surface area contributed by atoms with Gasteiger partial charge in [0, 0.05) is 44.3 Å². The van der Waals surface area contributed by atoms with Gasteiger partial charge in [0.15, 0.2) is 5.13 Å². The number of piperidine rings is 1. The Labute approximate surface area is 124 Å². The van der Waals surface area contributed by atoms with E-state index in [4.69, 9.17) is 4.74 Å². The van der Waals surface area contributed by atoms with Crippen LogP contribution in [0.15, 0.2) is 11.6 Å². The lowest BCUT2D eigenvalue weighted by atomic mass is 10.1. The molecule has 0 unspecified atom stereocenters. The summed E-state index contributed by atoms with van der Waals surface area (Å²) in [6.07, 6.45) is 4.70. The zero-order valence-electron chi connectivity index (χ0n) is 12.0. The largest absolute Gasteiger partial charge is 0.377 e. The second-order valence-electron chi connectivity index (χ2n) is 5.46. The number of hydrogen-bond donors (Lipinski definition) is 1. The third kappa shape index (κ3) is 3.91. The van der Waals surface area contributed by atoms with Gasteiger partial charge in [-0.3, -0.25) is 4.90 Å². The molecule has 3 heterocycles. The van der Waals surface area contributed by atoms with E-state index in [1.807, 2.05) is 6.20 Å². The van der Waals surface area contributed by atoms with Crippen LogP contribution < -0.4 is 10.2 Å². The van der Waals surface area contributed by atoms with Crippen LogP contribution in [0.3, 0.4) is 0 Å². The fraction of sp³-hybridized carbons (Fsp3) is 0.786. The van der Waals surface area contributed by atoms with Gasteiger partial charge < -0.3 is 15.0 Å². The number of nitrogens with zero attached hydrogens (tertiary/aromatic N) is 3. The molecule has 0 aliphatic carbocycles. The zero-order chi connectivity index (χ0) is 13.6. The van der Waals surface area contributed by atoms with Crippen molar-refractivity contribution < 1.29 is 4.74 Å². The minimum Gasteiger partial charge on any atom is -0.377 e. The molecule has 2 fully saturated rings. The Kier molecular flexibility index (Phi) is 5.24. The zero-order valence-corrected chi connectivity index (χ0v) is 12.8. The molecule has 0 saturated carbocycles. The van der Waals surface area contributed by atoms with Gasteiger partial charge in [-0.2, -0.15) is 0 Å². The van der Waals surface area contributed by atoms with Gasteiger partial charge >= 0.3 is 0 Å². The highest BCUT2D eigenvalue weighted by atomic mass is 32.1. The maximum Gasteiger partial charge on any atom is 0.185 e. The minimum atomic E-state index is 0.479. The Bertz CT molecular complexity index is 373. The van der Waals surface area contributed by atoms with Crippen LogP contribution in [0.2, 0.25) is 0 Å². The summed E-state index contributed by atoms with van der Waals surface area (Å²) >= 11 is 1.73. The third-order valence-corrected chi connectivity index (χ3v) is 4.94. The topological polar surface area (TPSA) is 40.6 Å². The fourth-order valence-electron chi connectivity index (χ4n) is 2.85. The van der Waals surface area contributed by atoms with Crippen molar-refractivity contribution in [1.82, 2.24) is 15.2 Å². The highest BCUT2D eigenvalue weighted by Crippen LogP contribution is 2.18. The first-order chi connectivity index (χ1) is 9.92. The van der Waals surface area contributed by atoms with Crippen LogP contribution in [0, 0.1) is 0 Å². The second-order valence-corrected chi connectivity index (χ2v) is 6.34. The van der Waals surface area contributed by atoms with Crippen LogP contribution in [-0.2, 0) is 4.74 Å². The summed E-state index contributed by atoms with van der Waals surface area (Å²) in [5, 5.41) is 6.58. The van der Waals surface area contributed by atoms with Gasteiger partial charge in [0.1, 0.15) is 0 Å². The van der Waals surface area contributed by atoms with E-state index >= 15 is 0 Å². The predicted octanol–water partition coefficient (Wildman–Crippen LogP) is 1.03. The molecule has 20 heavy (non-hydrogen) atoms. The van der Waals surface area contributed by atoms with E-state index in [9.17, 15) is 0 Å². The summed E-state index contributed by atoms with van der Waals surface area (Å²) in [6.45, 7) is 8.57. The molecule has 0 bridgehead atoms. The summed E-state index contributed by atoms with van der Waals surface area (Å²) < 4.78 is 5.98. The number of nitrogens with one attached hydrogen (secondary N) is 1. The van der Waals surface area contributed by atoms with Crippen molar-refractivity contribution in [3.05, 3.63) is 11.6 Å². The number of ether oxygens (including phenoxy) is 1. The SMILES string of the molecule is c1csc(N2CCN(CCOC3CCNCC3)CC2)n1. The molecule has 2 saturated heterocycles. The first-order valence-corrected chi connectivity index (χ1v) is 8.49. The van der Waals surface area contributed by atoms with E-state index < -0.39 is 0 Å². The molecular formula is C14H24N4OS. The third-order valence-electron chi connectivity index (χ3n) is 4.11. The Morgan fingerprint density at radius 3 is 2.75 bits per heavy atom. The molecule has 0 amide bonds. The number of aromatic nitrogens is 1. The van der Waals surface area contributed by atoms with Crippen LogP contribution in [0.25, 0.3) is 0 Å². The molecule has 1 aromatic heterocycles. The summed E-state index contributed by atoms with van der Waals surface area (Å²) in [5.41, 5.74) is 0. The van der Waals surface area contributed by atoms with E-state index in [0.29, 0.717) is 6.10 Å². The number of anilines is 1. The van der Waals surface area contributed by atoms with Crippen molar-refractivity contribution in [2.75, 3.05) is 57.3 Å². The Hall–Kier alpha value is -0.690. The Balaban J connectivity index is 1.32. The van der Waals surface area contributed by atoms with Gasteiger partial charge in [0.05, 0.1) is 12.7 Å². The smallest absolute Gasteiger partial charge is 0.185 e. The molecule has 0 radical (unpaired) electrons. The van der Waals surface area contributed by atoms with Gasteiger partial charge in [-0.05, 0) is 25.9 Å². The van der Waals surface area contributed by atoms with Crippen LogP contribution in [0.1, 0.15) is 12.8 Å². The molecule has 0 atom stereocenters. The lowest BCUT2D eigenvalue weighted by molar-refractivity contribution is 0.0195. The van der Waals surface area contributed by atoms with Gasteiger partial charge in [0.25, 0.3) is 0 Å². The standard InChI is InChI=1S/C14H24N4OS/c1-3-15-4-2-13(1)19-11-10-17-6-8-18(9-7-17)14-16-5-12-20-14/h5,12-13,15H,1-4,6-11H2. The maximum absolute atomic E-state index is 5.98. The predicted molar refractivity (Wildman–Crippen MR) is 82.6 cm³/mol. The molecule has 5 nitrogen and oxygen atoms in total. The molecule has 3 rings (SSSR count). The van der Waals surface area contributed by atoms with Crippen molar-refractivity contribution in [3.63, 3.8) is 0 Å². The number of piperazine rings is 1. The quantitative estimate of drug-likeness (QED) is 0.879. The average molecular weight is 296 g/mol. The van der Waals surface area contributed by atoms with E-state index in [2.05, 4.69) is 25.5 Å². The molecule has 0 spiro atoms. The molecule has 1 aromatic rings. The van der Waals surface area contributed by atoms with E-state index in [1.165, 1.54) is 0 Å². The number of rotatable bonds is 5. The van der Waals surface area contributed by atoms with Crippen molar-refractivity contribution in [2.45, 2.75) is 18.9 Å². The van der Waals surface area contributed by atoms with Crippen molar-refractivity contribution >= 4 is 16.5 Å². The van der Waals surface area contributed by atoms with E-state index in [1.54, 1.807) is 11.3 Å². The van der Waals surface area contributed by atoms with Gasteiger partial charge in [-0.1, -0.05) is 0 Å². The minimum absolute atomic E-state index is 0.479. The van der Waals surface area contributed by atoms with Crippen molar-refractivity contribution in [1.29, 1.82) is 0 Å². The summed E-state index contributed by atoms with van der Waals surface area (Å²) in [5.74, 6) is 0. The van der Waals surface area contributed by atoms with Crippen LogP contribution in [-0.4, -0.2) is 68.4 Å². The first-order valence-electron chi connectivity index (χ1n) is 7.61. The average Bonchev–Trinajstić information content (AvgIpc) is 3.03. The second kappa shape index (κ2) is 7.36. The molecular weight excluding hydrogens is 272 g/mol. The first kappa shape index (κ1) is 14.3. The lowest BCUT2D eigenvalue weighted by Gasteiger charge is -2.34.